The number of pyridine rings is 1. The Bertz CT molecular complexity index is 1200. The fourth-order valence-corrected chi connectivity index (χ4v) is 5.81. The van der Waals surface area contributed by atoms with Gasteiger partial charge in [0.05, 0.1) is 12.6 Å². The lowest BCUT2D eigenvalue weighted by Gasteiger charge is -2.29. The molecule has 3 atom stereocenters. The Balaban J connectivity index is 1.08. The minimum Gasteiger partial charge on any atom is -0.369 e. The van der Waals surface area contributed by atoms with Gasteiger partial charge in [-0.15, -0.1) is 0 Å². The number of Topliss-reactive ketones (excluding diaryl/α,β-unsaturated/α-hetero) is 1. The Labute approximate surface area is 228 Å². The topological polar surface area (TPSA) is 115 Å². The van der Waals surface area contributed by atoms with E-state index in [1.165, 1.54) is 0 Å². The highest BCUT2D eigenvalue weighted by atomic mass is 16.2. The summed E-state index contributed by atoms with van der Waals surface area (Å²) in [5.74, 6) is -0.539. The molecule has 3 amide bonds. The molecule has 5 rings (SSSR count). The van der Waals surface area contributed by atoms with E-state index in [2.05, 4.69) is 20.5 Å². The number of rotatable bonds is 8. The molecule has 3 fully saturated rings. The van der Waals surface area contributed by atoms with Gasteiger partial charge in [0.1, 0.15) is 11.7 Å². The van der Waals surface area contributed by atoms with Crippen LogP contribution in [0.15, 0.2) is 48.7 Å². The SMILES string of the molecule is CC(CCNC(=O)c1ccc(N2CCNCC2)cc1)CC(=O)N1CCC2C1C(=O)CN2C(=O)c1ccccn1. The number of carbonyl (C=O) groups excluding carboxylic acids is 4. The summed E-state index contributed by atoms with van der Waals surface area (Å²) < 4.78 is 0. The molecule has 3 unspecified atom stereocenters. The first-order valence-electron chi connectivity index (χ1n) is 13.8. The Morgan fingerprint density at radius 1 is 1.05 bits per heavy atom. The van der Waals surface area contributed by atoms with Crippen LogP contribution in [-0.4, -0.2) is 96.2 Å². The smallest absolute Gasteiger partial charge is 0.273 e. The van der Waals surface area contributed by atoms with Gasteiger partial charge in [0.25, 0.3) is 11.8 Å². The normalized spacial score (nSPS) is 21.6. The van der Waals surface area contributed by atoms with Crippen molar-refractivity contribution in [3.63, 3.8) is 0 Å². The number of amides is 3. The largest absolute Gasteiger partial charge is 0.369 e. The summed E-state index contributed by atoms with van der Waals surface area (Å²) in [6.07, 6.45) is 3.08. The molecular formula is C29H36N6O4. The first-order valence-corrected chi connectivity index (χ1v) is 13.8. The van der Waals surface area contributed by atoms with Gasteiger partial charge >= 0.3 is 0 Å². The van der Waals surface area contributed by atoms with Gasteiger partial charge in [0, 0.05) is 63.1 Å². The molecule has 2 aromatic rings. The van der Waals surface area contributed by atoms with Crippen LogP contribution in [0, 0.1) is 5.92 Å². The van der Waals surface area contributed by atoms with E-state index in [-0.39, 0.29) is 42.0 Å². The number of hydrogen-bond donors (Lipinski definition) is 2. The number of aromatic nitrogens is 1. The summed E-state index contributed by atoms with van der Waals surface area (Å²) in [5.41, 5.74) is 2.04. The molecule has 10 heteroatoms. The molecule has 39 heavy (non-hydrogen) atoms. The zero-order valence-corrected chi connectivity index (χ0v) is 22.3. The molecule has 10 nitrogen and oxygen atoms in total. The number of anilines is 1. The van der Waals surface area contributed by atoms with Crippen molar-refractivity contribution in [2.75, 3.05) is 50.7 Å². The van der Waals surface area contributed by atoms with Gasteiger partial charge in [-0.05, 0) is 55.2 Å². The monoisotopic (exact) mass is 532 g/mol. The maximum Gasteiger partial charge on any atom is 0.273 e. The van der Waals surface area contributed by atoms with Gasteiger partial charge < -0.3 is 25.3 Å². The van der Waals surface area contributed by atoms with Crippen molar-refractivity contribution in [1.29, 1.82) is 0 Å². The van der Waals surface area contributed by atoms with E-state index in [0.717, 1.165) is 31.9 Å². The highest BCUT2D eigenvalue weighted by Gasteiger charge is 2.51. The van der Waals surface area contributed by atoms with Crippen LogP contribution in [0.1, 0.15) is 47.0 Å². The van der Waals surface area contributed by atoms with Gasteiger partial charge in [-0.1, -0.05) is 13.0 Å². The zero-order valence-electron chi connectivity index (χ0n) is 22.3. The van der Waals surface area contributed by atoms with E-state index in [0.29, 0.717) is 43.6 Å². The molecule has 206 valence electrons. The third kappa shape index (κ3) is 5.95. The number of ketones is 1. The van der Waals surface area contributed by atoms with Crippen molar-refractivity contribution < 1.29 is 19.2 Å². The summed E-state index contributed by atoms with van der Waals surface area (Å²) in [6.45, 7) is 6.74. The highest BCUT2D eigenvalue weighted by Crippen LogP contribution is 2.31. The molecule has 0 aliphatic carbocycles. The standard InChI is InChI=1S/C29H36N6O4/c1-20(9-12-32-28(38)21-5-7-22(8-6-21)33-16-13-30-14-17-33)18-26(37)34-15-10-24-27(34)25(36)19-35(24)29(39)23-4-2-3-11-31-23/h2-8,11,20,24,27,30H,9-10,12-19H2,1H3,(H,32,38). The minimum atomic E-state index is -0.582. The molecule has 0 spiro atoms. The third-order valence-corrected chi connectivity index (χ3v) is 7.95. The lowest BCUT2D eigenvalue weighted by molar-refractivity contribution is -0.137. The Morgan fingerprint density at radius 2 is 1.82 bits per heavy atom. The second-order valence-electron chi connectivity index (χ2n) is 10.6. The van der Waals surface area contributed by atoms with Crippen molar-refractivity contribution in [2.45, 2.75) is 38.3 Å². The number of likely N-dealkylation sites (tertiary alicyclic amines) is 2. The number of fused-ring (bicyclic) bond motifs is 1. The lowest BCUT2D eigenvalue weighted by atomic mass is 10.0. The van der Waals surface area contributed by atoms with Gasteiger partial charge in [0.15, 0.2) is 5.78 Å². The molecule has 0 radical (unpaired) electrons. The van der Waals surface area contributed by atoms with E-state index >= 15 is 0 Å². The van der Waals surface area contributed by atoms with E-state index in [1.54, 1.807) is 34.2 Å². The van der Waals surface area contributed by atoms with E-state index in [9.17, 15) is 19.2 Å². The number of carbonyl (C=O) groups is 4. The number of benzene rings is 1. The molecule has 2 N–H and O–H groups in total. The molecule has 3 aliphatic rings. The van der Waals surface area contributed by atoms with Gasteiger partial charge in [-0.2, -0.15) is 0 Å². The highest BCUT2D eigenvalue weighted by molar-refractivity contribution is 6.01. The number of piperazine rings is 1. The minimum absolute atomic E-state index is 0.00627. The second-order valence-corrected chi connectivity index (χ2v) is 10.6. The van der Waals surface area contributed by atoms with Gasteiger partial charge in [0.2, 0.25) is 5.91 Å². The summed E-state index contributed by atoms with van der Waals surface area (Å²) in [5, 5.41) is 6.29. The lowest BCUT2D eigenvalue weighted by Crippen LogP contribution is -2.44. The summed E-state index contributed by atoms with van der Waals surface area (Å²) >= 11 is 0. The third-order valence-electron chi connectivity index (χ3n) is 7.95. The Hall–Kier alpha value is -3.79. The van der Waals surface area contributed by atoms with Crippen LogP contribution in [0.3, 0.4) is 0 Å². The molecular weight excluding hydrogens is 496 g/mol. The van der Waals surface area contributed by atoms with Crippen LogP contribution < -0.4 is 15.5 Å². The van der Waals surface area contributed by atoms with Crippen LogP contribution in [0.25, 0.3) is 0 Å². The van der Waals surface area contributed by atoms with E-state index in [1.807, 2.05) is 31.2 Å². The zero-order chi connectivity index (χ0) is 27.4. The van der Waals surface area contributed by atoms with Crippen molar-refractivity contribution in [2.24, 2.45) is 5.92 Å². The maximum absolute atomic E-state index is 13.1. The van der Waals surface area contributed by atoms with Crippen molar-refractivity contribution >= 4 is 29.2 Å². The van der Waals surface area contributed by atoms with Crippen molar-refractivity contribution in [3.05, 3.63) is 59.9 Å². The average molecular weight is 533 g/mol. The van der Waals surface area contributed by atoms with Gasteiger partial charge in [-0.3, -0.25) is 24.2 Å². The Kier molecular flexibility index (Phi) is 8.21. The van der Waals surface area contributed by atoms with Crippen LogP contribution in [0.4, 0.5) is 5.69 Å². The summed E-state index contributed by atoms with van der Waals surface area (Å²) in [7, 11) is 0. The number of nitrogens with one attached hydrogen (secondary N) is 2. The molecule has 0 saturated carbocycles. The fourth-order valence-electron chi connectivity index (χ4n) is 5.81. The summed E-state index contributed by atoms with van der Waals surface area (Å²) in [4.78, 5) is 61.1. The second kappa shape index (κ2) is 11.9. The molecule has 0 bridgehead atoms. The van der Waals surface area contributed by atoms with E-state index < -0.39 is 6.04 Å². The first kappa shape index (κ1) is 26.8. The molecule has 4 heterocycles. The van der Waals surface area contributed by atoms with Crippen LogP contribution in [-0.2, 0) is 9.59 Å². The first-order chi connectivity index (χ1) is 18.9. The van der Waals surface area contributed by atoms with Gasteiger partial charge in [-0.25, -0.2) is 0 Å². The molecule has 3 aliphatic heterocycles. The summed E-state index contributed by atoms with van der Waals surface area (Å²) in [6, 6.07) is 11.9. The van der Waals surface area contributed by atoms with Crippen LogP contribution in [0.5, 0.6) is 0 Å². The maximum atomic E-state index is 13.1. The number of hydrogen-bond acceptors (Lipinski definition) is 7. The fraction of sp³-hybridized carbons (Fsp3) is 0.483. The van der Waals surface area contributed by atoms with Crippen LogP contribution >= 0.6 is 0 Å². The van der Waals surface area contributed by atoms with Crippen molar-refractivity contribution in [3.8, 4) is 0 Å². The predicted octanol–water partition coefficient (Wildman–Crippen LogP) is 1.33. The molecule has 3 saturated heterocycles. The number of nitrogens with zero attached hydrogens (tertiary/aromatic N) is 4. The van der Waals surface area contributed by atoms with E-state index in [4.69, 9.17) is 0 Å². The average Bonchev–Trinajstić information content (AvgIpc) is 3.55. The molecule has 1 aromatic heterocycles. The quantitative estimate of drug-likeness (QED) is 0.527. The van der Waals surface area contributed by atoms with Crippen LogP contribution in [0.2, 0.25) is 0 Å². The molecule has 1 aromatic carbocycles. The predicted molar refractivity (Wildman–Crippen MR) is 146 cm³/mol. The Morgan fingerprint density at radius 3 is 2.54 bits per heavy atom. The van der Waals surface area contributed by atoms with Crippen molar-refractivity contribution in [1.82, 2.24) is 25.4 Å².